The van der Waals surface area contributed by atoms with Gasteiger partial charge in [-0.1, -0.05) is 12.1 Å². The Bertz CT molecular complexity index is 650. The molecule has 1 unspecified atom stereocenters. The summed E-state index contributed by atoms with van der Waals surface area (Å²) in [5.41, 5.74) is 8.59. The molecule has 3 rings (SSSR count). The predicted octanol–water partition coefficient (Wildman–Crippen LogP) is 2.16. The highest BCUT2D eigenvalue weighted by atomic mass is 16.6. The van der Waals surface area contributed by atoms with Crippen LogP contribution in [0.1, 0.15) is 30.0 Å². The molecule has 0 saturated heterocycles. The number of hydrogen-bond donors (Lipinski definition) is 1. The Morgan fingerprint density at radius 2 is 2.25 bits per heavy atom. The van der Waals surface area contributed by atoms with E-state index in [-0.39, 0.29) is 10.6 Å². The van der Waals surface area contributed by atoms with Crippen molar-refractivity contribution in [1.29, 1.82) is 0 Å². The maximum atomic E-state index is 11.1. The summed E-state index contributed by atoms with van der Waals surface area (Å²) < 4.78 is 1.70. The van der Waals surface area contributed by atoms with Crippen LogP contribution < -0.4 is 5.73 Å². The van der Waals surface area contributed by atoms with Crippen LogP contribution in [0.3, 0.4) is 0 Å². The fraction of sp³-hybridized carbons (Fsp3) is 0.357. The molecule has 1 atom stereocenters. The van der Waals surface area contributed by atoms with Gasteiger partial charge < -0.3 is 5.73 Å². The molecule has 104 valence electrons. The number of benzene rings is 1. The molecule has 0 saturated carbocycles. The normalized spacial score (nSPS) is 17.8. The van der Waals surface area contributed by atoms with Gasteiger partial charge in [0, 0.05) is 11.8 Å². The van der Waals surface area contributed by atoms with Crippen molar-refractivity contribution in [2.24, 2.45) is 5.73 Å². The van der Waals surface area contributed by atoms with Crippen LogP contribution in [0, 0.1) is 10.1 Å². The van der Waals surface area contributed by atoms with Gasteiger partial charge in [-0.25, -0.2) is 4.68 Å². The molecule has 0 fully saturated rings. The van der Waals surface area contributed by atoms with Gasteiger partial charge in [0.25, 0.3) is 5.69 Å². The van der Waals surface area contributed by atoms with Crippen LogP contribution in [-0.2, 0) is 6.42 Å². The molecule has 0 bridgehead atoms. The summed E-state index contributed by atoms with van der Waals surface area (Å²) in [6, 6.07) is 6.70. The number of nitro groups is 1. The van der Waals surface area contributed by atoms with E-state index in [4.69, 9.17) is 5.73 Å². The number of fused-ring (bicyclic) bond motifs is 1. The molecule has 1 aliphatic carbocycles. The quantitative estimate of drug-likeness (QED) is 0.685. The number of rotatable bonds is 3. The van der Waals surface area contributed by atoms with Gasteiger partial charge in [0.2, 0.25) is 0 Å². The first-order valence-electron chi connectivity index (χ1n) is 6.73. The Morgan fingerprint density at radius 3 is 3.00 bits per heavy atom. The lowest BCUT2D eigenvalue weighted by atomic mass is 9.87. The van der Waals surface area contributed by atoms with Gasteiger partial charge in [0.15, 0.2) is 0 Å². The van der Waals surface area contributed by atoms with Crippen molar-refractivity contribution in [2.45, 2.75) is 25.2 Å². The zero-order valence-corrected chi connectivity index (χ0v) is 11.0. The standard InChI is InChI=1S/C14H16N4O2/c15-8-10-4-3-7-12-11(10)9-16-17(12)13-5-1-2-6-14(13)18(19)20/h1-2,5-6,9-10H,3-4,7-8,15H2. The van der Waals surface area contributed by atoms with Crippen LogP contribution in [0.5, 0.6) is 0 Å². The zero-order chi connectivity index (χ0) is 14.1. The van der Waals surface area contributed by atoms with Crippen molar-refractivity contribution in [1.82, 2.24) is 9.78 Å². The fourth-order valence-electron chi connectivity index (χ4n) is 2.90. The van der Waals surface area contributed by atoms with Crippen molar-refractivity contribution in [2.75, 3.05) is 6.54 Å². The predicted molar refractivity (Wildman–Crippen MR) is 75.0 cm³/mol. The van der Waals surface area contributed by atoms with Crippen molar-refractivity contribution in [3.63, 3.8) is 0 Å². The highest BCUT2D eigenvalue weighted by molar-refractivity contribution is 5.53. The minimum Gasteiger partial charge on any atom is -0.330 e. The van der Waals surface area contributed by atoms with E-state index >= 15 is 0 Å². The number of nitro benzene ring substituents is 1. The van der Waals surface area contributed by atoms with E-state index in [1.807, 2.05) is 6.20 Å². The summed E-state index contributed by atoms with van der Waals surface area (Å²) in [4.78, 5) is 10.8. The molecule has 0 radical (unpaired) electrons. The Morgan fingerprint density at radius 1 is 1.45 bits per heavy atom. The number of nitrogens with zero attached hydrogens (tertiary/aromatic N) is 3. The second kappa shape index (κ2) is 5.05. The van der Waals surface area contributed by atoms with Gasteiger partial charge in [-0.2, -0.15) is 5.10 Å². The minimum absolute atomic E-state index is 0.0771. The van der Waals surface area contributed by atoms with Crippen LogP contribution in [0.25, 0.3) is 5.69 Å². The van der Waals surface area contributed by atoms with E-state index in [0.717, 1.165) is 30.5 Å². The smallest absolute Gasteiger partial charge is 0.294 e. The van der Waals surface area contributed by atoms with Gasteiger partial charge in [0.1, 0.15) is 5.69 Å². The Hall–Kier alpha value is -2.21. The van der Waals surface area contributed by atoms with Gasteiger partial charge in [-0.05, 0) is 43.4 Å². The molecule has 0 amide bonds. The highest BCUT2D eigenvalue weighted by Gasteiger charge is 2.26. The molecule has 2 N–H and O–H groups in total. The average molecular weight is 272 g/mol. The first-order valence-corrected chi connectivity index (χ1v) is 6.73. The maximum absolute atomic E-state index is 11.1. The van der Waals surface area contributed by atoms with E-state index in [1.54, 1.807) is 22.9 Å². The number of aromatic nitrogens is 2. The average Bonchev–Trinajstić information content (AvgIpc) is 2.90. The molecule has 2 aromatic rings. The van der Waals surface area contributed by atoms with Crippen LogP contribution >= 0.6 is 0 Å². The summed E-state index contributed by atoms with van der Waals surface area (Å²) in [7, 11) is 0. The van der Waals surface area contributed by atoms with Crippen LogP contribution in [0.4, 0.5) is 5.69 Å². The molecule has 0 aliphatic heterocycles. The molecule has 1 aromatic carbocycles. The third-order valence-electron chi connectivity index (χ3n) is 3.90. The Labute approximate surface area is 116 Å². The summed E-state index contributed by atoms with van der Waals surface area (Å²) in [5.74, 6) is 0.315. The van der Waals surface area contributed by atoms with E-state index in [0.29, 0.717) is 18.2 Å². The first-order chi connectivity index (χ1) is 9.72. The van der Waals surface area contributed by atoms with E-state index in [9.17, 15) is 10.1 Å². The van der Waals surface area contributed by atoms with Crippen molar-refractivity contribution < 1.29 is 4.92 Å². The summed E-state index contributed by atoms with van der Waals surface area (Å²) in [6.07, 6.45) is 4.80. The van der Waals surface area contributed by atoms with Crippen LogP contribution in [-0.4, -0.2) is 21.2 Å². The number of para-hydroxylation sites is 2. The van der Waals surface area contributed by atoms with Crippen LogP contribution in [0.15, 0.2) is 30.5 Å². The summed E-state index contributed by atoms with van der Waals surface area (Å²) in [5, 5.41) is 15.5. The lowest BCUT2D eigenvalue weighted by Gasteiger charge is -2.21. The molecular formula is C14H16N4O2. The lowest BCUT2D eigenvalue weighted by molar-refractivity contribution is -0.384. The van der Waals surface area contributed by atoms with E-state index in [2.05, 4.69) is 5.10 Å². The third kappa shape index (κ3) is 1.98. The molecule has 6 heteroatoms. The Kier molecular flexibility index (Phi) is 3.23. The second-order valence-electron chi connectivity index (χ2n) is 5.03. The van der Waals surface area contributed by atoms with Gasteiger partial charge >= 0.3 is 0 Å². The lowest BCUT2D eigenvalue weighted by Crippen LogP contribution is -2.18. The van der Waals surface area contributed by atoms with E-state index < -0.39 is 0 Å². The Balaban J connectivity index is 2.13. The summed E-state index contributed by atoms with van der Waals surface area (Å²) >= 11 is 0. The molecule has 20 heavy (non-hydrogen) atoms. The summed E-state index contributed by atoms with van der Waals surface area (Å²) in [6.45, 7) is 0.593. The third-order valence-corrected chi connectivity index (χ3v) is 3.90. The second-order valence-corrected chi connectivity index (χ2v) is 5.03. The van der Waals surface area contributed by atoms with Crippen molar-refractivity contribution in [3.05, 3.63) is 51.8 Å². The van der Waals surface area contributed by atoms with E-state index in [1.165, 1.54) is 6.07 Å². The number of hydrogen-bond acceptors (Lipinski definition) is 4. The van der Waals surface area contributed by atoms with Gasteiger partial charge in [0.05, 0.1) is 11.1 Å². The van der Waals surface area contributed by atoms with Gasteiger partial charge in [-0.15, -0.1) is 0 Å². The maximum Gasteiger partial charge on any atom is 0.294 e. The first kappa shape index (κ1) is 12.8. The topological polar surface area (TPSA) is 87.0 Å². The highest BCUT2D eigenvalue weighted by Crippen LogP contribution is 2.33. The minimum atomic E-state index is -0.368. The molecule has 1 aromatic heterocycles. The molecule has 0 spiro atoms. The van der Waals surface area contributed by atoms with Crippen molar-refractivity contribution in [3.8, 4) is 5.69 Å². The molecular weight excluding hydrogens is 256 g/mol. The number of nitrogens with two attached hydrogens (primary N) is 1. The monoisotopic (exact) mass is 272 g/mol. The fourth-order valence-corrected chi connectivity index (χ4v) is 2.90. The van der Waals surface area contributed by atoms with Crippen molar-refractivity contribution >= 4 is 5.69 Å². The molecule has 1 heterocycles. The largest absolute Gasteiger partial charge is 0.330 e. The molecule has 6 nitrogen and oxygen atoms in total. The van der Waals surface area contributed by atoms with Crippen LogP contribution in [0.2, 0.25) is 0 Å². The molecule has 1 aliphatic rings. The van der Waals surface area contributed by atoms with Gasteiger partial charge in [-0.3, -0.25) is 10.1 Å². The zero-order valence-electron chi connectivity index (χ0n) is 11.0. The SMILES string of the molecule is NCC1CCCc2c1cnn2-c1ccccc1[N+](=O)[O-].